The maximum absolute atomic E-state index is 12.8. The first-order valence-electron chi connectivity index (χ1n) is 9.10. The van der Waals surface area contributed by atoms with Crippen LogP contribution in [0.3, 0.4) is 0 Å². The molecule has 3 aromatic rings. The summed E-state index contributed by atoms with van der Waals surface area (Å²) in [4.78, 5) is 23.2. The number of nitrogens with two attached hydrogens (primary N) is 1. The Balaban J connectivity index is 2.07. The fourth-order valence-electron chi connectivity index (χ4n) is 2.63. The number of Topliss-reactive ketones (excluding diaryl/α,β-unsaturated/α-hetero) is 1. The summed E-state index contributed by atoms with van der Waals surface area (Å²) in [5.41, 5.74) is 0.334. The minimum Gasteiger partial charge on any atom is -0.373 e. The van der Waals surface area contributed by atoms with Gasteiger partial charge in [0.1, 0.15) is 6.54 Å². The van der Waals surface area contributed by atoms with E-state index in [1.807, 2.05) is 6.92 Å². The molecule has 0 radical (unpaired) electrons. The van der Waals surface area contributed by atoms with Gasteiger partial charge < -0.3 is 9.69 Å². The topological polar surface area (TPSA) is 154 Å². The largest absolute Gasteiger partial charge is 0.373 e. The fraction of sp³-hybridized carbons (Fsp3) is 0.222. The SMILES string of the molecule is [C-]#[N+]c1nc(C(/N=N/c2nnc(SCC)s2)S(N)(=O)=O)n(CC(=O)c2ccccc2)c1[N+]#[C-]. The Morgan fingerprint density at radius 1 is 1.27 bits per heavy atom. The molecule has 2 heterocycles. The van der Waals surface area contributed by atoms with Gasteiger partial charge in [0.15, 0.2) is 4.34 Å². The number of hydrogen-bond donors (Lipinski definition) is 1. The number of rotatable bonds is 9. The Morgan fingerprint density at radius 2 is 2.00 bits per heavy atom. The molecule has 0 aliphatic heterocycles. The van der Waals surface area contributed by atoms with Crippen LogP contribution in [-0.2, 0) is 16.6 Å². The van der Waals surface area contributed by atoms with E-state index in [0.717, 1.165) is 21.7 Å². The molecule has 0 bridgehead atoms. The molecule has 3 rings (SSSR count). The number of benzene rings is 1. The predicted molar refractivity (Wildman–Crippen MR) is 122 cm³/mol. The van der Waals surface area contributed by atoms with Crippen molar-refractivity contribution in [1.29, 1.82) is 0 Å². The van der Waals surface area contributed by atoms with Crippen molar-refractivity contribution in [2.75, 3.05) is 5.75 Å². The second-order valence-electron chi connectivity index (χ2n) is 6.16. The average molecular weight is 502 g/mol. The van der Waals surface area contributed by atoms with Crippen LogP contribution in [0.1, 0.15) is 28.5 Å². The second-order valence-corrected chi connectivity index (χ2v) is 10.2. The van der Waals surface area contributed by atoms with Gasteiger partial charge in [0, 0.05) is 5.56 Å². The van der Waals surface area contributed by atoms with Crippen LogP contribution in [0, 0.1) is 13.1 Å². The third-order valence-electron chi connectivity index (χ3n) is 4.01. The van der Waals surface area contributed by atoms with Crippen LogP contribution in [0.2, 0.25) is 0 Å². The number of azo groups is 1. The highest BCUT2D eigenvalue weighted by atomic mass is 32.2. The van der Waals surface area contributed by atoms with E-state index < -0.39 is 27.7 Å². The molecule has 0 saturated heterocycles. The van der Waals surface area contributed by atoms with Crippen molar-refractivity contribution in [1.82, 2.24) is 19.7 Å². The number of sulfonamides is 1. The van der Waals surface area contributed by atoms with Gasteiger partial charge in [0.25, 0.3) is 22.1 Å². The van der Waals surface area contributed by atoms with Crippen molar-refractivity contribution >= 4 is 55.7 Å². The number of ketones is 1. The molecule has 0 saturated carbocycles. The second kappa shape index (κ2) is 10.4. The lowest BCUT2D eigenvalue weighted by Crippen LogP contribution is -2.24. The molecule has 33 heavy (non-hydrogen) atoms. The predicted octanol–water partition coefficient (Wildman–Crippen LogP) is 3.90. The molecular weight excluding hydrogens is 486 g/mol. The van der Waals surface area contributed by atoms with E-state index in [1.165, 1.54) is 11.8 Å². The number of nitrogens with zero attached hydrogens (tertiary/aromatic N) is 8. The van der Waals surface area contributed by atoms with Crippen LogP contribution in [0.15, 0.2) is 44.9 Å². The molecule has 0 spiro atoms. The molecule has 0 fully saturated rings. The van der Waals surface area contributed by atoms with Crippen LogP contribution >= 0.6 is 23.1 Å². The van der Waals surface area contributed by atoms with Crippen molar-refractivity contribution in [2.45, 2.75) is 23.2 Å². The summed E-state index contributed by atoms with van der Waals surface area (Å²) >= 11 is 2.53. The fourth-order valence-corrected chi connectivity index (χ4v) is 4.85. The zero-order valence-electron chi connectivity index (χ0n) is 17.0. The van der Waals surface area contributed by atoms with Gasteiger partial charge in [-0.2, -0.15) is 5.11 Å². The van der Waals surface area contributed by atoms with Crippen molar-refractivity contribution < 1.29 is 13.2 Å². The number of primary sulfonamides is 1. The molecule has 168 valence electrons. The Labute approximate surface area is 197 Å². The molecule has 2 N–H and O–H groups in total. The summed E-state index contributed by atoms with van der Waals surface area (Å²) in [6.07, 6.45) is 0. The van der Waals surface area contributed by atoms with Crippen molar-refractivity contribution in [3.63, 3.8) is 0 Å². The summed E-state index contributed by atoms with van der Waals surface area (Å²) in [7, 11) is -4.44. The first-order chi connectivity index (χ1) is 15.8. The third kappa shape index (κ3) is 5.65. The number of hydrogen-bond acceptors (Lipinski definition) is 10. The smallest absolute Gasteiger partial charge is 0.314 e. The van der Waals surface area contributed by atoms with Gasteiger partial charge in [-0.1, -0.05) is 78.5 Å². The maximum Gasteiger partial charge on any atom is 0.314 e. The molecular formula is C18H15N9O3S3. The Kier molecular flexibility index (Phi) is 7.62. The Bertz CT molecular complexity index is 1380. The summed E-state index contributed by atoms with van der Waals surface area (Å²) < 4.78 is 26.4. The van der Waals surface area contributed by atoms with Crippen LogP contribution in [-0.4, -0.2) is 39.7 Å². The minimum absolute atomic E-state index is 0.0915. The number of aromatic nitrogens is 4. The first kappa shape index (κ1) is 24.1. The van der Waals surface area contributed by atoms with Crippen LogP contribution in [0.4, 0.5) is 16.8 Å². The summed E-state index contributed by atoms with van der Waals surface area (Å²) in [6.45, 7) is 16.2. The molecule has 0 aliphatic carbocycles. The molecule has 1 atom stereocenters. The minimum atomic E-state index is -4.44. The number of imidazole rings is 1. The van der Waals surface area contributed by atoms with Crippen molar-refractivity contribution in [3.8, 4) is 0 Å². The Hall–Kier alpha value is -3.50. The number of carbonyl (C=O) groups is 1. The van der Waals surface area contributed by atoms with Crippen LogP contribution < -0.4 is 5.14 Å². The van der Waals surface area contributed by atoms with Gasteiger partial charge >= 0.3 is 5.82 Å². The lowest BCUT2D eigenvalue weighted by molar-refractivity contribution is 0.0971. The highest BCUT2D eigenvalue weighted by molar-refractivity contribution is 8.01. The number of thioether (sulfide) groups is 1. The molecule has 0 aliphatic rings. The lowest BCUT2D eigenvalue weighted by atomic mass is 10.1. The number of carbonyl (C=O) groups excluding carboxylic acids is 1. The highest BCUT2D eigenvalue weighted by Crippen LogP contribution is 2.35. The van der Waals surface area contributed by atoms with E-state index in [9.17, 15) is 13.2 Å². The van der Waals surface area contributed by atoms with E-state index >= 15 is 0 Å². The van der Waals surface area contributed by atoms with Crippen LogP contribution in [0.25, 0.3) is 9.69 Å². The van der Waals surface area contributed by atoms with E-state index in [4.69, 9.17) is 18.3 Å². The zero-order valence-corrected chi connectivity index (χ0v) is 19.4. The molecule has 1 aromatic carbocycles. The molecule has 15 heteroatoms. The summed E-state index contributed by atoms with van der Waals surface area (Å²) in [6, 6.07) is 8.21. The van der Waals surface area contributed by atoms with Gasteiger partial charge in [-0.25, -0.2) is 13.6 Å². The van der Waals surface area contributed by atoms with Crippen molar-refractivity contribution in [3.05, 3.63) is 64.6 Å². The molecule has 1 unspecified atom stereocenters. The normalized spacial score (nSPS) is 12.4. The van der Waals surface area contributed by atoms with Crippen molar-refractivity contribution in [2.24, 2.45) is 15.4 Å². The van der Waals surface area contributed by atoms with E-state index in [0.29, 0.717) is 9.90 Å². The molecule has 2 aromatic heterocycles. The highest BCUT2D eigenvalue weighted by Gasteiger charge is 2.38. The van der Waals surface area contributed by atoms with Gasteiger partial charge in [0.05, 0.1) is 0 Å². The van der Waals surface area contributed by atoms with Gasteiger partial charge in [-0.05, 0) is 5.75 Å². The monoisotopic (exact) mass is 501 g/mol. The Morgan fingerprint density at radius 3 is 2.61 bits per heavy atom. The zero-order chi connectivity index (χ0) is 24.0. The van der Waals surface area contributed by atoms with Gasteiger partial charge in [0.2, 0.25) is 15.8 Å². The quantitative estimate of drug-likeness (QED) is 0.202. The van der Waals surface area contributed by atoms with E-state index in [2.05, 4.69) is 35.1 Å². The average Bonchev–Trinajstić information content (AvgIpc) is 3.38. The van der Waals surface area contributed by atoms with E-state index in [1.54, 1.807) is 30.3 Å². The summed E-state index contributed by atoms with van der Waals surface area (Å²) in [5, 5.41) is 18.9. The maximum atomic E-state index is 12.8. The third-order valence-corrected chi connectivity index (χ3v) is 6.76. The molecule has 0 amide bonds. The van der Waals surface area contributed by atoms with Crippen LogP contribution in [0.5, 0.6) is 0 Å². The van der Waals surface area contributed by atoms with Gasteiger partial charge in [-0.3, -0.25) is 9.36 Å². The standard InChI is InChI=1S/C18H15N9O3S3/c1-4-31-18-26-25-17(32-18)24-23-16(33(19,29)30)15-22-13(20-2)14(21-3)27(15)10-12(28)11-8-6-5-7-9-11/h5-9,16H,4,10H2,1H3,(H2,19,29,30)/b24-23+. The van der Waals surface area contributed by atoms with Gasteiger partial charge in [-0.15, -0.1) is 15.3 Å². The van der Waals surface area contributed by atoms with E-state index in [-0.39, 0.29) is 22.6 Å². The summed E-state index contributed by atoms with van der Waals surface area (Å²) in [5.74, 6) is -0.702. The molecule has 12 nitrogen and oxygen atoms in total. The lowest BCUT2D eigenvalue weighted by Gasteiger charge is -2.08. The first-order valence-corrected chi connectivity index (χ1v) is 12.5.